The molecule has 3 aliphatic heterocycles. The van der Waals surface area contributed by atoms with Gasteiger partial charge in [0.2, 0.25) is 0 Å². The van der Waals surface area contributed by atoms with Crippen LogP contribution in [0.1, 0.15) is 33.6 Å². The fourth-order valence-corrected chi connectivity index (χ4v) is 3.67. The maximum Gasteiger partial charge on any atom is 0.410 e. The van der Waals surface area contributed by atoms with Crippen LogP contribution in [0.5, 0.6) is 0 Å². The molecular weight excluding hydrogens is 374 g/mol. The highest BCUT2D eigenvalue weighted by molar-refractivity contribution is 9.11. The van der Waals surface area contributed by atoms with Crippen LogP contribution in [0.15, 0.2) is 20.8 Å². The number of nitrogens with two attached hydrogens (primary N) is 1. The number of piperidine rings is 1. The average molecular weight is 398 g/mol. The fourth-order valence-electron chi connectivity index (χ4n) is 3.25. The monoisotopic (exact) mass is 397 g/mol. The van der Waals surface area contributed by atoms with E-state index in [9.17, 15) is 4.79 Å². The number of amidine groups is 2. The second-order valence-electron chi connectivity index (χ2n) is 7.43. The van der Waals surface area contributed by atoms with Gasteiger partial charge in [0.05, 0.1) is 12.2 Å². The van der Waals surface area contributed by atoms with Crippen molar-refractivity contribution in [3.05, 3.63) is 10.8 Å². The summed E-state index contributed by atoms with van der Waals surface area (Å²) in [5, 5.41) is 0. The van der Waals surface area contributed by atoms with Crippen LogP contribution >= 0.6 is 15.9 Å². The van der Waals surface area contributed by atoms with E-state index in [0.717, 1.165) is 36.4 Å². The SMILES string of the molecule is CC(C)(C)OC(=O)N1CCCC([C@@H]2CN3C(Br)=CN=C(N)C3=N2)C1. The van der Waals surface area contributed by atoms with Crippen molar-refractivity contribution in [3.63, 3.8) is 0 Å². The normalized spacial score (nSPS) is 27.2. The van der Waals surface area contributed by atoms with Gasteiger partial charge in [-0.1, -0.05) is 0 Å². The van der Waals surface area contributed by atoms with Crippen LogP contribution in [0.25, 0.3) is 0 Å². The molecule has 3 heterocycles. The molecule has 0 spiro atoms. The standard InChI is InChI=1S/C16H24BrN5O2/c1-16(2,3)24-15(23)21-6-4-5-10(8-21)11-9-22-12(17)7-19-13(18)14(22)20-11/h7,10-11H,4-6,8-9H2,1-3H3,(H2,18,19)/t10?,11-/m0/s1. The Bertz CT molecular complexity index is 622. The molecule has 2 N–H and O–H groups in total. The van der Waals surface area contributed by atoms with Crippen molar-refractivity contribution in [1.29, 1.82) is 0 Å². The summed E-state index contributed by atoms with van der Waals surface area (Å²) in [4.78, 5) is 25.1. The van der Waals surface area contributed by atoms with Gasteiger partial charge in [-0.25, -0.2) is 9.79 Å². The molecule has 1 amide bonds. The Morgan fingerprint density at radius 3 is 2.83 bits per heavy atom. The summed E-state index contributed by atoms with van der Waals surface area (Å²) in [7, 11) is 0. The zero-order valence-electron chi connectivity index (χ0n) is 14.3. The van der Waals surface area contributed by atoms with E-state index in [0.29, 0.717) is 18.3 Å². The summed E-state index contributed by atoms with van der Waals surface area (Å²) in [6.07, 6.45) is 3.47. The van der Waals surface area contributed by atoms with E-state index in [1.807, 2.05) is 25.7 Å². The highest BCUT2D eigenvalue weighted by Crippen LogP contribution is 2.30. The third-order valence-electron chi connectivity index (χ3n) is 4.36. The molecule has 0 aromatic rings. The number of amides is 1. The van der Waals surface area contributed by atoms with Gasteiger partial charge in [0.25, 0.3) is 0 Å². The first-order chi connectivity index (χ1) is 11.2. The number of rotatable bonds is 1. The predicted molar refractivity (Wildman–Crippen MR) is 97.1 cm³/mol. The number of carbonyl (C=O) groups excluding carboxylic acids is 1. The maximum absolute atomic E-state index is 12.3. The second-order valence-corrected chi connectivity index (χ2v) is 8.24. The van der Waals surface area contributed by atoms with E-state index in [-0.39, 0.29) is 12.1 Å². The Morgan fingerprint density at radius 2 is 2.17 bits per heavy atom. The molecule has 8 heteroatoms. The summed E-state index contributed by atoms with van der Waals surface area (Å²) in [6.45, 7) is 7.83. The molecule has 2 atom stereocenters. The number of nitrogens with zero attached hydrogens (tertiary/aromatic N) is 4. The van der Waals surface area contributed by atoms with Gasteiger partial charge >= 0.3 is 6.09 Å². The van der Waals surface area contributed by atoms with E-state index in [4.69, 9.17) is 15.5 Å². The first kappa shape index (κ1) is 17.3. The Balaban J connectivity index is 1.67. The first-order valence-electron chi connectivity index (χ1n) is 8.27. The van der Waals surface area contributed by atoms with Gasteiger partial charge in [0, 0.05) is 25.6 Å². The van der Waals surface area contributed by atoms with Gasteiger partial charge in [-0.15, -0.1) is 0 Å². The van der Waals surface area contributed by atoms with Crippen molar-refractivity contribution in [2.24, 2.45) is 21.6 Å². The van der Waals surface area contributed by atoms with Crippen LogP contribution < -0.4 is 5.73 Å². The zero-order valence-corrected chi connectivity index (χ0v) is 15.9. The van der Waals surface area contributed by atoms with Crippen LogP contribution in [-0.2, 0) is 4.74 Å². The van der Waals surface area contributed by atoms with Crippen molar-refractivity contribution in [1.82, 2.24) is 9.80 Å². The molecule has 0 aromatic heterocycles. The Labute approximate surface area is 150 Å². The molecule has 132 valence electrons. The summed E-state index contributed by atoms with van der Waals surface area (Å²) in [5.41, 5.74) is 5.47. The van der Waals surface area contributed by atoms with Crippen molar-refractivity contribution in [3.8, 4) is 0 Å². The van der Waals surface area contributed by atoms with Gasteiger partial charge in [0.15, 0.2) is 11.7 Å². The van der Waals surface area contributed by atoms with Gasteiger partial charge in [-0.05, 0) is 49.5 Å². The fraction of sp³-hybridized carbons (Fsp3) is 0.688. The Morgan fingerprint density at radius 1 is 1.42 bits per heavy atom. The predicted octanol–water partition coefficient (Wildman–Crippen LogP) is 2.28. The highest BCUT2D eigenvalue weighted by atomic mass is 79.9. The molecule has 3 aliphatic rings. The van der Waals surface area contributed by atoms with E-state index in [1.54, 1.807) is 11.1 Å². The van der Waals surface area contributed by atoms with Crippen molar-refractivity contribution in [2.45, 2.75) is 45.3 Å². The molecule has 0 aromatic carbocycles. The molecule has 1 fully saturated rings. The van der Waals surface area contributed by atoms with Crippen LogP contribution in [-0.4, -0.2) is 58.8 Å². The molecule has 24 heavy (non-hydrogen) atoms. The lowest BCUT2D eigenvalue weighted by molar-refractivity contribution is 0.0153. The topological polar surface area (TPSA) is 83.5 Å². The summed E-state index contributed by atoms with van der Waals surface area (Å²) < 4.78 is 6.37. The number of hydrogen-bond acceptors (Lipinski definition) is 6. The van der Waals surface area contributed by atoms with Crippen LogP contribution in [0.4, 0.5) is 4.79 Å². The Kier molecular flexibility index (Phi) is 4.59. The smallest absolute Gasteiger partial charge is 0.410 e. The summed E-state index contributed by atoms with van der Waals surface area (Å²) in [5.74, 6) is 1.47. The lowest BCUT2D eigenvalue weighted by Gasteiger charge is -2.35. The molecule has 0 saturated carbocycles. The number of carbonyl (C=O) groups is 1. The third kappa shape index (κ3) is 3.58. The number of fused-ring (bicyclic) bond motifs is 1. The zero-order chi connectivity index (χ0) is 17.5. The van der Waals surface area contributed by atoms with Crippen molar-refractivity contribution in [2.75, 3.05) is 19.6 Å². The number of likely N-dealkylation sites (tertiary alicyclic amines) is 1. The number of aliphatic imine (C=N–C) groups is 2. The van der Waals surface area contributed by atoms with Gasteiger partial charge < -0.3 is 20.3 Å². The summed E-state index contributed by atoms with van der Waals surface area (Å²) in [6, 6.07) is 0.109. The summed E-state index contributed by atoms with van der Waals surface area (Å²) >= 11 is 3.50. The third-order valence-corrected chi connectivity index (χ3v) is 5.00. The quantitative estimate of drug-likeness (QED) is 0.687. The largest absolute Gasteiger partial charge is 0.444 e. The first-order valence-corrected chi connectivity index (χ1v) is 9.06. The molecule has 0 aliphatic carbocycles. The molecule has 7 nitrogen and oxygen atoms in total. The number of ether oxygens (including phenoxy) is 1. The molecule has 3 rings (SSSR count). The minimum Gasteiger partial charge on any atom is -0.444 e. The highest BCUT2D eigenvalue weighted by Gasteiger charge is 2.38. The van der Waals surface area contributed by atoms with E-state index in [1.165, 1.54) is 0 Å². The van der Waals surface area contributed by atoms with E-state index >= 15 is 0 Å². The minimum atomic E-state index is -0.473. The lowest BCUT2D eigenvalue weighted by atomic mass is 9.91. The van der Waals surface area contributed by atoms with Crippen LogP contribution in [0, 0.1) is 5.92 Å². The molecule has 0 radical (unpaired) electrons. The molecule has 0 bridgehead atoms. The van der Waals surface area contributed by atoms with E-state index in [2.05, 4.69) is 20.9 Å². The lowest BCUT2D eigenvalue weighted by Crippen LogP contribution is -2.46. The number of halogens is 1. The van der Waals surface area contributed by atoms with Crippen LogP contribution in [0.2, 0.25) is 0 Å². The average Bonchev–Trinajstić information content (AvgIpc) is 2.96. The maximum atomic E-state index is 12.3. The van der Waals surface area contributed by atoms with Crippen molar-refractivity contribution < 1.29 is 9.53 Å². The van der Waals surface area contributed by atoms with Gasteiger partial charge in [0.1, 0.15) is 10.2 Å². The van der Waals surface area contributed by atoms with E-state index < -0.39 is 5.60 Å². The Hall–Kier alpha value is -1.57. The van der Waals surface area contributed by atoms with Gasteiger partial charge in [-0.2, -0.15) is 0 Å². The molecular formula is C16H24BrN5O2. The molecule has 1 unspecified atom stereocenters. The second kappa shape index (κ2) is 6.38. The number of hydrogen-bond donors (Lipinski definition) is 1. The minimum absolute atomic E-state index is 0.109. The van der Waals surface area contributed by atoms with Crippen LogP contribution in [0.3, 0.4) is 0 Å². The molecule has 1 saturated heterocycles. The van der Waals surface area contributed by atoms with Crippen molar-refractivity contribution >= 4 is 33.7 Å². The van der Waals surface area contributed by atoms with Gasteiger partial charge in [-0.3, -0.25) is 4.99 Å².